The van der Waals surface area contributed by atoms with Gasteiger partial charge in [-0.25, -0.2) is 0 Å². The second-order valence-electron chi connectivity index (χ2n) is 11.3. The molecule has 0 aliphatic heterocycles. The summed E-state index contributed by atoms with van der Waals surface area (Å²) in [5.74, 6) is 0.0996. The standard InChI is InChI=1S/C34H45Cl2IN2O5/c1-2-3-4-5-6-7-8-9-10-15-32(41)39(23-24-16-17-26(35)27(36)20-24)29-21-25(34(43)38-18-19-40)22-31(33(29)42)44-30-14-12-11-13-28(30)37/h11-14,16-17,20,22,29,31,33,40,42H,2-10,15,18-19,21,23H2,1H3,(H,38,43). The minimum absolute atomic E-state index is 0.0933. The number of ether oxygens (including phenoxy) is 1. The first-order valence-corrected chi connectivity index (χ1v) is 17.5. The van der Waals surface area contributed by atoms with Crippen LogP contribution >= 0.6 is 45.8 Å². The van der Waals surface area contributed by atoms with Gasteiger partial charge in [-0.3, -0.25) is 9.59 Å². The SMILES string of the molecule is CCCCCCCCCCCC(=O)N(Cc1ccc(Cl)c(Cl)c1)C1CC(C(=O)NCCO)=CC(Oc2ccccc2I)C1O. The normalized spacial score (nSPS) is 18.0. The topological polar surface area (TPSA) is 99.1 Å². The lowest BCUT2D eigenvalue weighted by Gasteiger charge is -2.40. The fraction of sp³-hybridized carbons (Fsp3) is 0.529. The Hall–Kier alpha value is -1.85. The summed E-state index contributed by atoms with van der Waals surface area (Å²) in [7, 11) is 0. The smallest absolute Gasteiger partial charge is 0.247 e. The van der Waals surface area contributed by atoms with Crippen molar-refractivity contribution in [2.24, 2.45) is 0 Å². The Balaban J connectivity index is 1.82. The van der Waals surface area contributed by atoms with Crippen LogP contribution in [0.5, 0.6) is 5.75 Å². The number of rotatable bonds is 18. The number of amides is 2. The van der Waals surface area contributed by atoms with Crippen molar-refractivity contribution in [2.75, 3.05) is 13.2 Å². The highest BCUT2D eigenvalue weighted by Crippen LogP contribution is 2.32. The lowest BCUT2D eigenvalue weighted by molar-refractivity contribution is -0.139. The summed E-state index contributed by atoms with van der Waals surface area (Å²) in [4.78, 5) is 28.6. The van der Waals surface area contributed by atoms with Gasteiger partial charge in [0.25, 0.3) is 0 Å². The van der Waals surface area contributed by atoms with Crippen LogP contribution < -0.4 is 10.1 Å². The van der Waals surface area contributed by atoms with Gasteiger partial charge in [0.15, 0.2) is 0 Å². The molecule has 10 heteroatoms. The van der Waals surface area contributed by atoms with E-state index in [0.717, 1.165) is 28.4 Å². The zero-order valence-electron chi connectivity index (χ0n) is 25.5. The molecule has 1 aliphatic rings. The third-order valence-corrected chi connectivity index (χ3v) is 9.50. The van der Waals surface area contributed by atoms with Gasteiger partial charge in [0.05, 0.1) is 26.3 Å². The summed E-state index contributed by atoms with van der Waals surface area (Å²) in [5.41, 5.74) is 1.16. The van der Waals surface area contributed by atoms with Gasteiger partial charge < -0.3 is 25.2 Å². The molecular weight excluding hydrogens is 714 g/mol. The van der Waals surface area contributed by atoms with Crippen molar-refractivity contribution in [1.29, 1.82) is 0 Å². The van der Waals surface area contributed by atoms with Gasteiger partial charge in [0, 0.05) is 31.5 Å². The van der Waals surface area contributed by atoms with Crippen LogP contribution in [0.15, 0.2) is 54.1 Å². The van der Waals surface area contributed by atoms with Gasteiger partial charge in [-0.05, 0) is 64.9 Å². The van der Waals surface area contributed by atoms with Crippen LogP contribution in [-0.4, -0.2) is 58.3 Å². The van der Waals surface area contributed by atoms with Crippen LogP contribution in [0.4, 0.5) is 0 Å². The molecule has 0 saturated heterocycles. The molecule has 0 radical (unpaired) electrons. The first kappa shape index (κ1) is 36.6. The number of aliphatic hydroxyl groups excluding tert-OH is 2. The zero-order chi connectivity index (χ0) is 31.9. The van der Waals surface area contributed by atoms with Crippen molar-refractivity contribution in [3.05, 3.63) is 73.3 Å². The molecule has 0 fully saturated rings. The molecule has 2 aromatic carbocycles. The van der Waals surface area contributed by atoms with E-state index in [-0.39, 0.29) is 37.9 Å². The zero-order valence-corrected chi connectivity index (χ0v) is 29.1. The summed E-state index contributed by atoms with van der Waals surface area (Å²) >= 11 is 14.6. The van der Waals surface area contributed by atoms with Crippen molar-refractivity contribution in [2.45, 2.75) is 102 Å². The number of aliphatic hydroxyl groups is 2. The Bertz CT molecular complexity index is 1240. The molecular formula is C34H45Cl2IN2O5. The number of carbonyl (C=O) groups is 2. The third-order valence-electron chi connectivity index (χ3n) is 7.87. The predicted molar refractivity (Wildman–Crippen MR) is 185 cm³/mol. The molecule has 0 aromatic heterocycles. The number of benzene rings is 2. The number of hydrogen-bond acceptors (Lipinski definition) is 5. The highest BCUT2D eigenvalue weighted by molar-refractivity contribution is 14.1. The maximum absolute atomic E-state index is 13.9. The predicted octanol–water partition coefficient (Wildman–Crippen LogP) is 7.46. The quantitative estimate of drug-likeness (QED) is 0.108. The highest BCUT2D eigenvalue weighted by atomic mass is 127. The Kier molecular flexibility index (Phi) is 16.3. The van der Waals surface area contributed by atoms with Crippen molar-refractivity contribution in [3.63, 3.8) is 0 Å². The molecule has 3 unspecified atom stereocenters. The van der Waals surface area contributed by atoms with Gasteiger partial charge >= 0.3 is 0 Å². The van der Waals surface area contributed by atoms with Gasteiger partial charge in [0.1, 0.15) is 18.0 Å². The van der Waals surface area contributed by atoms with Crippen LogP contribution in [0.25, 0.3) is 0 Å². The highest BCUT2D eigenvalue weighted by Gasteiger charge is 2.40. The van der Waals surface area contributed by atoms with Crippen LogP contribution in [0.2, 0.25) is 10.0 Å². The molecule has 44 heavy (non-hydrogen) atoms. The van der Waals surface area contributed by atoms with E-state index in [0.29, 0.717) is 27.8 Å². The van der Waals surface area contributed by atoms with Crippen molar-refractivity contribution in [1.82, 2.24) is 10.2 Å². The van der Waals surface area contributed by atoms with Crippen molar-refractivity contribution < 1.29 is 24.5 Å². The molecule has 0 heterocycles. The Labute approximate surface area is 285 Å². The van der Waals surface area contributed by atoms with Crippen molar-refractivity contribution >= 4 is 57.6 Å². The summed E-state index contributed by atoms with van der Waals surface area (Å²) in [6.07, 6.45) is 10.4. The number of halogens is 3. The van der Waals surface area contributed by atoms with E-state index in [2.05, 4.69) is 34.8 Å². The van der Waals surface area contributed by atoms with E-state index in [9.17, 15) is 19.8 Å². The second-order valence-corrected chi connectivity index (χ2v) is 13.3. The Morgan fingerprint density at radius 3 is 2.34 bits per heavy atom. The van der Waals surface area contributed by atoms with E-state index < -0.39 is 18.2 Å². The van der Waals surface area contributed by atoms with E-state index in [4.69, 9.17) is 27.9 Å². The van der Waals surface area contributed by atoms with Crippen LogP contribution in [0.3, 0.4) is 0 Å². The van der Waals surface area contributed by atoms with Gasteiger partial charge in [-0.15, -0.1) is 0 Å². The molecule has 1 aliphatic carbocycles. The molecule has 0 spiro atoms. The second kappa shape index (κ2) is 19.6. The minimum Gasteiger partial charge on any atom is -0.482 e. The van der Waals surface area contributed by atoms with Crippen LogP contribution in [0.1, 0.15) is 83.1 Å². The van der Waals surface area contributed by atoms with Crippen molar-refractivity contribution in [3.8, 4) is 5.75 Å². The largest absolute Gasteiger partial charge is 0.482 e. The molecule has 2 amide bonds. The number of para-hydroxylation sites is 1. The molecule has 2 aromatic rings. The van der Waals surface area contributed by atoms with E-state index in [1.165, 1.54) is 38.5 Å². The van der Waals surface area contributed by atoms with E-state index in [1.807, 2.05) is 24.3 Å². The van der Waals surface area contributed by atoms with E-state index in [1.54, 1.807) is 29.2 Å². The molecule has 7 nitrogen and oxygen atoms in total. The lowest BCUT2D eigenvalue weighted by Crippen LogP contribution is -2.54. The van der Waals surface area contributed by atoms with Gasteiger partial charge in [-0.2, -0.15) is 0 Å². The molecule has 0 bridgehead atoms. The van der Waals surface area contributed by atoms with Gasteiger partial charge in [0.2, 0.25) is 11.8 Å². The molecule has 242 valence electrons. The molecule has 0 saturated carbocycles. The number of carbonyl (C=O) groups excluding carboxylic acids is 2. The maximum atomic E-state index is 13.9. The number of nitrogens with one attached hydrogen (secondary N) is 1. The Morgan fingerprint density at radius 2 is 1.68 bits per heavy atom. The van der Waals surface area contributed by atoms with Crippen LogP contribution in [0, 0.1) is 3.57 Å². The number of unbranched alkanes of at least 4 members (excludes halogenated alkanes) is 8. The average Bonchev–Trinajstić information content (AvgIpc) is 3.01. The molecule has 3 atom stereocenters. The summed E-state index contributed by atoms with van der Waals surface area (Å²) in [6.45, 7) is 2.30. The molecule has 3 rings (SSSR count). The monoisotopic (exact) mass is 758 g/mol. The summed E-state index contributed by atoms with van der Waals surface area (Å²) in [6, 6.07) is 11.9. The fourth-order valence-corrected chi connectivity index (χ4v) is 6.26. The fourth-order valence-electron chi connectivity index (χ4n) is 5.42. The number of hydrogen-bond donors (Lipinski definition) is 3. The van der Waals surface area contributed by atoms with Crippen LogP contribution in [-0.2, 0) is 16.1 Å². The maximum Gasteiger partial charge on any atom is 0.247 e. The van der Waals surface area contributed by atoms with Gasteiger partial charge in [-0.1, -0.05) is 99.7 Å². The minimum atomic E-state index is -1.10. The first-order valence-electron chi connectivity index (χ1n) is 15.7. The average molecular weight is 760 g/mol. The first-order chi connectivity index (χ1) is 21.2. The summed E-state index contributed by atoms with van der Waals surface area (Å²) in [5, 5.41) is 24.5. The summed E-state index contributed by atoms with van der Waals surface area (Å²) < 4.78 is 7.10. The molecule has 3 N–H and O–H groups in total. The number of nitrogens with zero attached hydrogens (tertiary/aromatic N) is 1. The Morgan fingerprint density at radius 1 is 1.00 bits per heavy atom. The lowest BCUT2D eigenvalue weighted by atomic mass is 9.87. The van der Waals surface area contributed by atoms with E-state index >= 15 is 0 Å². The third kappa shape index (κ3) is 11.5.